The van der Waals surface area contributed by atoms with Gasteiger partial charge in [0.2, 0.25) is 0 Å². The summed E-state index contributed by atoms with van der Waals surface area (Å²) in [6, 6.07) is 0.580. The van der Waals surface area contributed by atoms with Crippen molar-refractivity contribution in [2.24, 2.45) is 5.92 Å². The van der Waals surface area contributed by atoms with E-state index in [-0.39, 0.29) is 0 Å². The highest BCUT2D eigenvalue weighted by Gasteiger charge is 2.24. The van der Waals surface area contributed by atoms with E-state index in [9.17, 15) is 0 Å². The van der Waals surface area contributed by atoms with Gasteiger partial charge in [-0.1, -0.05) is 19.9 Å². The van der Waals surface area contributed by atoms with Crippen molar-refractivity contribution in [1.29, 1.82) is 0 Å². The van der Waals surface area contributed by atoms with Crippen molar-refractivity contribution in [3.05, 3.63) is 12.7 Å². The van der Waals surface area contributed by atoms with Gasteiger partial charge in [-0.3, -0.25) is 4.90 Å². The lowest BCUT2D eigenvalue weighted by Crippen LogP contribution is -2.48. The Labute approximate surface area is 75.2 Å². The Bertz CT molecular complexity index is 145. The summed E-state index contributed by atoms with van der Waals surface area (Å²) in [7, 11) is 0. The highest BCUT2D eigenvalue weighted by molar-refractivity contribution is 4.83. The highest BCUT2D eigenvalue weighted by atomic mass is 16.5. The molecule has 1 rings (SSSR count). The molecule has 1 aliphatic heterocycles. The van der Waals surface area contributed by atoms with Gasteiger partial charge in [-0.25, -0.2) is 0 Å². The Kier molecular flexibility index (Phi) is 3.76. The zero-order chi connectivity index (χ0) is 8.97. The Hall–Kier alpha value is -0.340. The third kappa shape index (κ3) is 2.32. The van der Waals surface area contributed by atoms with Gasteiger partial charge in [0, 0.05) is 19.1 Å². The lowest BCUT2D eigenvalue weighted by atomic mass is 10.0. The van der Waals surface area contributed by atoms with E-state index in [4.69, 9.17) is 4.74 Å². The monoisotopic (exact) mass is 169 g/mol. The fourth-order valence-corrected chi connectivity index (χ4v) is 1.66. The maximum atomic E-state index is 5.44. The lowest BCUT2D eigenvalue weighted by molar-refractivity contribution is -0.0185. The molecule has 0 aromatic carbocycles. The molecule has 1 saturated heterocycles. The van der Waals surface area contributed by atoms with Gasteiger partial charge in [-0.2, -0.15) is 0 Å². The average molecular weight is 169 g/mol. The number of hydrogen-bond acceptors (Lipinski definition) is 2. The first kappa shape index (κ1) is 9.75. The maximum Gasteiger partial charge on any atom is 0.0625 e. The Morgan fingerprint density at radius 2 is 2.42 bits per heavy atom. The van der Waals surface area contributed by atoms with Gasteiger partial charge in [0.25, 0.3) is 0 Å². The Morgan fingerprint density at radius 3 is 3.00 bits per heavy atom. The minimum atomic E-state index is 0.580. The van der Waals surface area contributed by atoms with Crippen LogP contribution in [0.3, 0.4) is 0 Å². The molecule has 0 spiro atoms. The molecule has 2 nitrogen and oxygen atoms in total. The van der Waals surface area contributed by atoms with Crippen LogP contribution in [-0.2, 0) is 4.74 Å². The van der Waals surface area contributed by atoms with Crippen LogP contribution in [0.5, 0.6) is 0 Å². The summed E-state index contributed by atoms with van der Waals surface area (Å²) in [6.45, 7) is 12.1. The van der Waals surface area contributed by atoms with E-state index in [1.165, 1.54) is 0 Å². The molecular formula is C10H19NO. The van der Waals surface area contributed by atoms with Crippen LogP contribution in [0.1, 0.15) is 13.8 Å². The van der Waals surface area contributed by atoms with E-state index >= 15 is 0 Å². The zero-order valence-electron chi connectivity index (χ0n) is 8.12. The highest BCUT2D eigenvalue weighted by Crippen LogP contribution is 2.14. The molecule has 1 atom stereocenters. The predicted molar refractivity (Wildman–Crippen MR) is 51.2 cm³/mol. The first-order chi connectivity index (χ1) is 5.75. The van der Waals surface area contributed by atoms with Crippen molar-refractivity contribution >= 4 is 0 Å². The van der Waals surface area contributed by atoms with E-state index in [1.807, 2.05) is 6.08 Å². The fraction of sp³-hybridized carbons (Fsp3) is 0.800. The van der Waals surface area contributed by atoms with Crippen LogP contribution in [0.15, 0.2) is 12.7 Å². The summed E-state index contributed by atoms with van der Waals surface area (Å²) in [5.74, 6) is 0.672. The molecule has 0 bridgehead atoms. The van der Waals surface area contributed by atoms with Crippen molar-refractivity contribution in [1.82, 2.24) is 4.90 Å². The predicted octanol–water partition coefficient (Wildman–Crippen LogP) is 1.53. The van der Waals surface area contributed by atoms with E-state index in [0.29, 0.717) is 12.0 Å². The second kappa shape index (κ2) is 4.63. The van der Waals surface area contributed by atoms with Crippen LogP contribution in [0, 0.1) is 5.92 Å². The quantitative estimate of drug-likeness (QED) is 0.594. The van der Waals surface area contributed by atoms with E-state index in [0.717, 1.165) is 26.3 Å². The summed E-state index contributed by atoms with van der Waals surface area (Å²) in [4.78, 5) is 2.45. The Morgan fingerprint density at radius 1 is 1.67 bits per heavy atom. The number of ether oxygens (including phenoxy) is 1. The zero-order valence-corrected chi connectivity index (χ0v) is 8.12. The van der Waals surface area contributed by atoms with E-state index < -0.39 is 0 Å². The lowest BCUT2D eigenvalue weighted by Gasteiger charge is -2.37. The molecule has 70 valence electrons. The van der Waals surface area contributed by atoms with Gasteiger partial charge in [0.05, 0.1) is 13.2 Å². The van der Waals surface area contributed by atoms with Crippen LogP contribution in [0.25, 0.3) is 0 Å². The standard InChI is InChI=1S/C10H19NO/c1-4-5-11-6-7-12-8-10(11)9(2)3/h4,9-10H,1,5-8H2,2-3H3. The Balaban J connectivity index is 2.47. The van der Waals surface area contributed by atoms with E-state index in [2.05, 4.69) is 25.3 Å². The molecule has 0 N–H and O–H groups in total. The van der Waals surface area contributed by atoms with Crippen LogP contribution < -0.4 is 0 Å². The first-order valence-corrected chi connectivity index (χ1v) is 4.68. The van der Waals surface area contributed by atoms with E-state index in [1.54, 1.807) is 0 Å². The first-order valence-electron chi connectivity index (χ1n) is 4.68. The van der Waals surface area contributed by atoms with Crippen molar-refractivity contribution in [3.63, 3.8) is 0 Å². The van der Waals surface area contributed by atoms with Crippen molar-refractivity contribution in [2.75, 3.05) is 26.3 Å². The molecule has 1 aliphatic rings. The number of nitrogens with zero attached hydrogens (tertiary/aromatic N) is 1. The second-order valence-electron chi connectivity index (χ2n) is 3.67. The molecule has 12 heavy (non-hydrogen) atoms. The van der Waals surface area contributed by atoms with Crippen molar-refractivity contribution < 1.29 is 4.74 Å². The minimum absolute atomic E-state index is 0.580. The summed E-state index contributed by atoms with van der Waals surface area (Å²) >= 11 is 0. The normalized spacial score (nSPS) is 26.1. The fourth-order valence-electron chi connectivity index (χ4n) is 1.66. The van der Waals surface area contributed by atoms with Gasteiger partial charge in [0.1, 0.15) is 0 Å². The van der Waals surface area contributed by atoms with Crippen LogP contribution in [-0.4, -0.2) is 37.2 Å². The SMILES string of the molecule is C=CCN1CCOCC1C(C)C. The van der Waals surface area contributed by atoms with Gasteiger partial charge in [-0.15, -0.1) is 6.58 Å². The third-order valence-electron chi connectivity index (χ3n) is 2.41. The number of rotatable bonds is 3. The average Bonchev–Trinajstić information content (AvgIpc) is 2.05. The molecular weight excluding hydrogens is 150 g/mol. The van der Waals surface area contributed by atoms with Gasteiger partial charge < -0.3 is 4.74 Å². The van der Waals surface area contributed by atoms with Crippen LogP contribution in [0.2, 0.25) is 0 Å². The molecule has 0 saturated carbocycles. The summed E-state index contributed by atoms with van der Waals surface area (Å²) < 4.78 is 5.44. The van der Waals surface area contributed by atoms with Crippen molar-refractivity contribution in [2.45, 2.75) is 19.9 Å². The summed E-state index contributed by atoms with van der Waals surface area (Å²) in [5.41, 5.74) is 0. The number of hydrogen-bond donors (Lipinski definition) is 0. The molecule has 1 unspecified atom stereocenters. The van der Waals surface area contributed by atoms with Gasteiger partial charge in [-0.05, 0) is 5.92 Å². The van der Waals surface area contributed by atoms with Gasteiger partial charge >= 0.3 is 0 Å². The van der Waals surface area contributed by atoms with Crippen LogP contribution in [0.4, 0.5) is 0 Å². The van der Waals surface area contributed by atoms with Crippen molar-refractivity contribution in [3.8, 4) is 0 Å². The summed E-state index contributed by atoms with van der Waals surface area (Å²) in [5, 5.41) is 0. The third-order valence-corrected chi connectivity index (χ3v) is 2.41. The molecule has 2 heteroatoms. The molecule has 1 heterocycles. The number of morpholine rings is 1. The van der Waals surface area contributed by atoms with Gasteiger partial charge in [0.15, 0.2) is 0 Å². The minimum Gasteiger partial charge on any atom is -0.378 e. The molecule has 0 aromatic rings. The molecule has 1 fully saturated rings. The molecule has 0 radical (unpaired) electrons. The summed E-state index contributed by atoms with van der Waals surface area (Å²) in [6.07, 6.45) is 1.97. The molecule has 0 aromatic heterocycles. The molecule has 0 aliphatic carbocycles. The topological polar surface area (TPSA) is 12.5 Å². The van der Waals surface area contributed by atoms with Crippen LogP contribution >= 0.6 is 0 Å². The second-order valence-corrected chi connectivity index (χ2v) is 3.67. The smallest absolute Gasteiger partial charge is 0.0625 e. The molecule has 0 amide bonds. The largest absolute Gasteiger partial charge is 0.378 e. The maximum absolute atomic E-state index is 5.44.